The maximum Gasteiger partial charge on any atom is 0.250 e. The predicted octanol–water partition coefficient (Wildman–Crippen LogP) is 3.02. The summed E-state index contributed by atoms with van der Waals surface area (Å²) in [7, 11) is -3.56. The van der Waals surface area contributed by atoms with Crippen molar-refractivity contribution in [3.8, 4) is 22.6 Å². The molecule has 0 fully saturated rings. The summed E-state index contributed by atoms with van der Waals surface area (Å²) in [6.07, 6.45) is 3.26. The minimum Gasteiger partial charge on any atom is -0.454 e. The predicted molar refractivity (Wildman–Crippen MR) is 94.1 cm³/mol. The van der Waals surface area contributed by atoms with Gasteiger partial charge in [0.25, 0.3) is 0 Å². The zero-order valence-corrected chi connectivity index (χ0v) is 14.6. The van der Waals surface area contributed by atoms with Gasteiger partial charge < -0.3 is 9.47 Å². The summed E-state index contributed by atoms with van der Waals surface area (Å²) >= 11 is 1.18. The summed E-state index contributed by atoms with van der Waals surface area (Å²) in [6, 6.07) is 10.8. The lowest BCUT2D eigenvalue weighted by atomic mass is 10.1. The molecule has 0 amide bonds. The second-order valence-corrected chi connectivity index (χ2v) is 8.31. The minimum absolute atomic E-state index is 0.209. The van der Waals surface area contributed by atoms with Crippen LogP contribution in [0.1, 0.15) is 5.56 Å². The SMILES string of the molecule is O=S(=O)(NCc1ccncc1)c1cc(-c2ccc3c(c2)OCO3)cs1. The molecule has 0 atom stereocenters. The fraction of sp³-hybridized carbons (Fsp3) is 0.118. The maximum atomic E-state index is 12.5. The van der Waals surface area contributed by atoms with Gasteiger partial charge in [-0.15, -0.1) is 11.3 Å². The molecule has 0 radical (unpaired) electrons. The van der Waals surface area contributed by atoms with Gasteiger partial charge in [0.1, 0.15) is 4.21 Å². The van der Waals surface area contributed by atoms with Crippen LogP contribution in [0.3, 0.4) is 0 Å². The zero-order chi connectivity index (χ0) is 17.3. The van der Waals surface area contributed by atoms with E-state index < -0.39 is 10.0 Å². The molecular formula is C17H14N2O4S2. The lowest BCUT2D eigenvalue weighted by Crippen LogP contribution is -2.22. The van der Waals surface area contributed by atoms with Crippen LogP contribution < -0.4 is 14.2 Å². The molecule has 0 saturated heterocycles. The van der Waals surface area contributed by atoms with E-state index in [1.807, 2.05) is 23.6 Å². The summed E-state index contributed by atoms with van der Waals surface area (Å²) in [5, 5.41) is 1.82. The molecule has 1 aliphatic heterocycles. The Kier molecular flexibility index (Phi) is 4.16. The van der Waals surface area contributed by atoms with E-state index >= 15 is 0 Å². The number of hydrogen-bond acceptors (Lipinski definition) is 6. The first-order chi connectivity index (χ1) is 12.1. The Morgan fingerprint density at radius 3 is 2.68 bits per heavy atom. The van der Waals surface area contributed by atoms with Crippen molar-refractivity contribution in [2.75, 3.05) is 6.79 Å². The Balaban J connectivity index is 1.54. The molecule has 6 nitrogen and oxygen atoms in total. The second-order valence-electron chi connectivity index (χ2n) is 5.40. The number of hydrogen-bond donors (Lipinski definition) is 1. The highest BCUT2D eigenvalue weighted by Gasteiger charge is 2.19. The lowest BCUT2D eigenvalue weighted by molar-refractivity contribution is 0.174. The van der Waals surface area contributed by atoms with Gasteiger partial charge in [-0.2, -0.15) is 0 Å². The van der Waals surface area contributed by atoms with Crippen molar-refractivity contribution < 1.29 is 17.9 Å². The van der Waals surface area contributed by atoms with Crippen LogP contribution in [0.4, 0.5) is 0 Å². The van der Waals surface area contributed by atoms with Crippen LogP contribution in [0.2, 0.25) is 0 Å². The molecule has 0 saturated carbocycles. The summed E-state index contributed by atoms with van der Waals surface area (Å²) in [4.78, 5) is 3.92. The molecule has 1 N–H and O–H groups in total. The average molecular weight is 374 g/mol. The Bertz CT molecular complexity index is 1000. The fourth-order valence-corrected chi connectivity index (χ4v) is 4.69. The van der Waals surface area contributed by atoms with Crippen molar-refractivity contribution in [2.24, 2.45) is 0 Å². The third-order valence-corrected chi connectivity index (χ3v) is 6.60. The first kappa shape index (κ1) is 16.1. The van der Waals surface area contributed by atoms with Gasteiger partial charge in [-0.05, 0) is 52.4 Å². The smallest absolute Gasteiger partial charge is 0.250 e. The number of nitrogens with zero attached hydrogens (tertiary/aromatic N) is 1. The molecule has 3 heterocycles. The maximum absolute atomic E-state index is 12.5. The highest BCUT2D eigenvalue weighted by atomic mass is 32.2. The summed E-state index contributed by atoms with van der Waals surface area (Å²) < 4.78 is 38.5. The number of rotatable bonds is 5. The molecule has 2 aromatic heterocycles. The standard InChI is InChI=1S/C17H14N2O4S2/c20-25(21,19-9-12-3-5-18-6-4-12)17-8-14(10-24-17)13-1-2-15-16(7-13)23-11-22-15/h1-8,10,19H,9,11H2. The van der Waals surface area contributed by atoms with E-state index in [1.165, 1.54) is 11.3 Å². The van der Waals surface area contributed by atoms with Crippen molar-refractivity contribution in [1.82, 2.24) is 9.71 Å². The van der Waals surface area contributed by atoms with Gasteiger partial charge >= 0.3 is 0 Å². The topological polar surface area (TPSA) is 77.5 Å². The number of ether oxygens (including phenoxy) is 2. The number of sulfonamides is 1. The van der Waals surface area contributed by atoms with E-state index in [0.717, 1.165) is 16.7 Å². The Labute approximate surface area is 149 Å². The zero-order valence-electron chi connectivity index (χ0n) is 13.0. The molecule has 0 spiro atoms. The highest BCUT2D eigenvalue weighted by Crippen LogP contribution is 2.37. The molecule has 128 valence electrons. The van der Waals surface area contributed by atoms with Crippen LogP contribution in [-0.2, 0) is 16.6 Å². The molecule has 0 aliphatic carbocycles. The third-order valence-electron chi connectivity index (χ3n) is 3.76. The van der Waals surface area contributed by atoms with Gasteiger partial charge in [-0.1, -0.05) is 6.07 Å². The number of benzene rings is 1. The largest absolute Gasteiger partial charge is 0.454 e. The van der Waals surface area contributed by atoms with E-state index in [9.17, 15) is 8.42 Å². The van der Waals surface area contributed by atoms with Crippen molar-refractivity contribution in [3.63, 3.8) is 0 Å². The van der Waals surface area contributed by atoms with Gasteiger partial charge in [0.15, 0.2) is 11.5 Å². The van der Waals surface area contributed by atoms with E-state index in [1.54, 1.807) is 30.6 Å². The molecule has 3 aromatic rings. The number of thiophene rings is 1. The quantitative estimate of drug-likeness (QED) is 0.743. The van der Waals surface area contributed by atoms with E-state index in [0.29, 0.717) is 11.5 Å². The van der Waals surface area contributed by atoms with Gasteiger partial charge in [0, 0.05) is 18.9 Å². The molecule has 4 rings (SSSR count). The van der Waals surface area contributed by atoms with Crippen LogP contribution in [0.5, 0.6) is 11.5 Å². The van der Waals surface area contributed by atoms with Gasteiger partial charge in [-0.3, -0.25) is 4.98 Å². The third kappa shape index (κ3) is 3.37. The Hall–Kier alpha value is -2.42. The van der Waals surface area contributed by atoms with Crippen LogP contribution in [0.15, 0.2) is 58.4 Å². The van der Waals surface area contributed by atoms with Crippen LogP contribution in [0.25, 0.3) is 11.1 Å². The number of pyridine rings is 1. The van der Waals surface area contributed by atoms with Crippen molar-refractivity contribution in [2.45, 2.75) is 10.8 Å². The minimum atomic E-state index is -3.56. The highest BCUT2D eigenvalue weighted by molar-refractivity contribution is 7.91. The van der Waals surface area contributed by atoms with E-state index in [4.69, 9.17) is 9.47 Å². The fourth-order valence-electron chi connectivity index (χ4n) is 2.44. The van der Waals surface area contributed by atoms with Crippen molar-refractivity contribution in [3.05, 3.63) is 59.7 Å². The number of aromatic nitrogens is 1. The van der Waals surface area contributed by atoms with Crippen LogP contribution >= 0.6 is 11.3 Å². The summed E-state index contributed by atoms with van der Waals surface area (Å²) in [5.74, 6) is 1.37. The van der Waals surface area contributed by atoms with Crippen LogP contribution in [-0.4, -0.2) is 20.2 Å². The Morgan fingerprint density at radius 2 is 1.84 bits per heavy atom. The van der Waals surface area contributed by atoms with E-state index in [-0.39, 0.29) is 17.5 Å². The molecule has 0 unspecified atom stereocenters. The Morgan fingerprint density at radius 1 is 1.04 bits per heavy atom. The first-order valence-electron chi connectivity index (χ1n) is 7.49. The molecule has 1 aromatic carbocycles. The molecule has 1 aliphatic rings. The number of nitrogens with one attached hydrogen (secondary N) is 1. The van der Waals surface area contributed by atoms with Crippen molar-refractivity contribution in [1.29, 1.82) is 0 Å². The number of fused-ring (bicyclic) bond motifs is 1. The molecule has 25 heavy (non-hydrogen) atoms. The van der Waals surface area contributed by atoms with Gasteiger partial charge in [0.05, 0.1) is 0 Å². The average Bonchev–Trinajstić information content (AvgIpc) is 3.30. The van der Waals surface area contributed by atoms with Gasteiger partial charge in [-0.25, -0.2) is 13.1 Å². The molecular weight excluding hydrogens is 360 g/mol. The molecule has 0 bridgehead atoms. The lowest BCUT2D eigenvalue weighted by Gasteiger charge is -2.04. The van der Waals surface area contributed by atoms with Gasteiger partial charge in [0.2, 0.25) is 16.8 Å². The first-order valence-corrected chi connectivity index (χ1v) is 9.85. The second kappa shape index (κ2) is 6.47. The van der Waals surface area contributed by atoms with Crippen molar-refractivity contribution >= 4 is 21.4 Å². The summed E-state index contributed by atoms with van der Waals surface area (Å²) in [5.41, 5.74) is 2.56. The monoisotopic (exact) mass is 374 g/mol. The normalized spacial score (nSPS) is 13.1. The van der Waals surface area contributed by atoms with E-state index in [2.05, 4.69) is 9.71 Å². The van der Waals surface area contributed by atoms with Crippen LogP contribution in [0, 0.1) is 0 Å². The molecule has 8 heteroatoms. The summed E-state index contributed by atoms with van der Waals surface area (Å²) in [6.45, 7) is 0.434.